The van der Waals surface area contributed by atoms with Crippen LogP contribution in [0, 0.1) is 6.92 Å². The number of fused-ring (bicyclic) bond motifs is 2. The van der Waals surface area contributed by atoms with Crippen molar-refractivity contribution in [2.24, 2.45) is 0 Å². The molecule has 206 valence electrons. The topological polar surface area (TPSA) is 101 Å². The van der Waals surface area contributed by atoms with E-state index in [-0.39, 0.29) is 0 Å². The molecule has 0 saturated carbocycles. The maximum atomic E-state index is 12.6. The number of halogens is 1. The third kappa shape index (κ3) is 5.34. The molecule has 0 radical (unpaired) electrons. The summed E-state index contributed by atoms with van der Waals surface area (Å²) in [4.78, 5) is 22.2. The number of H-pyrrole nitrogens is 1. The Morgan fingerprint density at radius 2 is 1.78 bits per heavy atom. The first-order chi connectivity index (χ1) is 19.6. The molecular weight excluding hydrogens is 556 g/mol. The number of carboxylic acids is 1. The SMILES string of the molecule is Cc1cc2nc(-c3ccnc(-c4ccc5[nH]ncc5c4)c3)sc2c(-c2ccc(Cl)cc2)c1[C@H](OC(C)(C)C)C(=O)O. The zero-order valence-electron chi connectivity index (χ0n) is 22.9. The molecule has 0 aliphatic heterocycles. The van der Waals surface area contributed by atoms with E-state index in [4.69, 9.17) is 21.3 Å². The standard InChI is InChI=1S/C32H27ClN4O3S/c1-17-13-25-29(27(18-5-8-22(33)9-6-18)26(17)28(31(38)39)40-32(2,3)4)41-30(36-25)20-11-12-34-24(15-20)19-7-10-23-21(14-19)16-35-37-23/h5-16,28H,1-4H3,(H,35,37)(H,38,39)/t28-/m0/s1. The molecule has 3 aromatic carbocycles. The Morgan fingerprint density at radius 1 is 1.02 bits per heavy atom. The Kier molecular flexibility index (Phi) is 6.85. The van der Waals surface area contributed by atoms with Gasteiger partial charge in [-0.15, -0.1) is 11.3 Å². The third-order valence-corrected chi connectivity index (χ3v) is 8.15. The number of nitrogens with one attached hydrogen (secondary N) is 1. The van der Waals surface area contributed by atoms with Crippen molar-refractivity contribution >= 4 is 50.0 Å². The van der Waals surface area contributed by atoms with Crippen LogP contribution in [0.15, 0.2) is 73.1 Å². The number of aromatic nitrogens is 4. The minimum atomic E-state index is -1.17. The lowest BCUT2D eigenvalue weighted by Crippen LogP contribution is -2.28. The van der Waals surface area contributed by atoms with Crippen LogP contribution in [-0.2, 0) is 9.53 Å². The van der Waals surface area contributed by atoms with Gasteiger partial charge in [0.1, 0.15) is 5.01 Å². The van der Waals surface area contributed by atoms with E-state index in [1.165, 1.54) is 11.3 Å². The smallest absolute Gasteiger partial charge is 0.337 e. The maximum Gasteiger partial charge on any atom is 0.337 e. The second-order valence-corrected chi connectivity index (χ2v) is 12.3. The molecule has 3 heterocycles. The van der Waals surface area contributed by atoms with Gasteiger partial charge >= 0.3 is 5.97 Å². The number of benzene rings is 3. The van der Waals surface area contributed by atoms with Crippen molar-refractivity contribution in [3.8, 4) is 33.0 Å². The van der Waals surface area contributed by atoms with Crippen molar-refractivity contribution in [2.75, 3.05) is 0 Å². The summed E-state index contributed by atoms with van der Waals surface area (Å²) in [5, 5.41) is 19.8. The number of carbonyl (C=O) groups is 1. The normalized spacial score (nSPS) is 12.7. The summed E-state index contributed by atoms with van der Waals surface area (Å²) >= 11 is 7.74. The van der Waals surface area contributed by atoms with Gasteiger partial charge in [0, 0.05) is 38.9 Å². The molecule has 0 unspecified atom stereocenters. The fourth-order valence-electron chi connectivity index (χ4n) is 4.99. The summed E-state index contributed by atoms with van der Waals surface area (Å²) in [6.45, 7) is 7.48. The summed E-state index contributed by atoms with van der Waals surface area (Å²) in [5.74, 6) is -1.05. The molecule has 9 heteroatoms. The first-order valence-electron chi connectivity index (χ1n) is 13.1. The fourth-order valence-corrected chi connectivity index (χ4v) is 6.23. The fraction of sp³-hybridized carbons (Fsp3) is 0.188. The lowest BCUT2D eigenvalue weighted by atomic mass is 9.91. The Bertz CT molecular complexity index is 1920. The number of carboxylic acid groups (broad SMARTS) is 1. The van der Waals surface area contributed by atoms with Crippen LogP contribution < -0.4 is 0 Å². The van der Waals surface area contributed by atoms with Crippen molar-refractivity contribution in [1.82, 2.24) is 20.2 Å². The number of nitrogens with zero attached hydrogens (tertiary/aromatic N) is 3. The highest BCUT2D eigenvalue weighted by Gasteiger charge is 2.32. The van der Waals surface area contributed by atoms with Crippen LogP contribution in [0.4, 0.5) is 0 Å². The van der Waals surface area contributed by atoms with Crippen molar-refractivity contribution in [1.29, 1.82) is 0 Å². The zero-order valence-corrected chi connectivity index (χ0v) is 24.5. The molecule has 3 aromatic heterocycles. The number of hydrogen-bond donors (Lipinski definition) is 2. The molecule has 0 fully saturated rings. The minimum Gasteiger partial charge on any atom is -0.479 e. The zero-order chi connectivity index (χ0) is 28.9. The highest BCUT2D eigenvalue weighted by atomic mass is 35.5. The van der Waals surface area contributed by atoms with Gasteiger partial charge in [-0.2, -0.15) is 5.10 Å². The van der Waals surface area contributed by atoms with Crippen molar-refractivity contribution in [3.63, 3.8) is 0 Å². The number of aryl methyl sites for hydroxylation is 1. The summed E-state index contributed by atoms with van der Waals surface area (Å²) in [7, 11) is 0. The number of thiazole rings is 1. The van der Waals surface area contributed by atoms with Crippen LogP contribution in [0.1, 0.15) is 38.0 Å². The van der Waals surface area contributed by atoms with E-state index in [2.05, 4.69) is 21.2 Å². The van der Waals surface area contributed by atoms with Crippen molar-refractivity contribution in [2.45, 2.75) is 39.4 Å². The molecule has 0 aliphatic rings. The van der Waals surface area contributed by atoms with Crippen LogP contribution in [0.5, 0.6) is 0 Å². The van der Waals surface area contributed by atoms with E-state index in [0.717, 1.165) is 59.6 Å². The maximum absolute atomic E-state index is 12.6. The highest BCUT2D eigenvalue weighted by Crippen LogP contribution is 2.44. The van der Waals surface area contributed by atoms with Crippen molar-refractivity contribution < 1.29 is 14.6 Å². The molecule has 0 saturated heterocycles. The van der Waals surface area contributed by atoms with Gasteiger partial charge in [0.05, 0.1) is 33.2 Å². The number of pyridine rings is 1. The van der Waals surface area contributed by atoms with Gasteiger partial charge in [-0.3, -0.25) is 10.1 Å². The molecule has 2 N–H and O–H groups in total. The average Bonchev–Trinajstić information content (AvgIpc) is 3.58. The molecule has 1 atom stereocenters. The van der Waals surface area contributed by atoms with E-state index in [9.17, 15) is 9.90 Å². The van der Waals surface area contributed by atoms with E-state index in [0.29, 0.717) is 10.6 Å². The van der Waals surface area contributed by atoms with Gasteiger partial charge in [-0.1, -0.05) is 29.8 Å². The molecule has 0 spiro atoms. The summed E-state index contributed by atoms with van der Waals surface area (Å²) in [6.07, 6.45) is 2.41. The molecule has 41 heavy (non-hydrogen) atoms. The molecule has 0 bridgehead atoms. The van der Waals surface area contributed by atoms with Gasteiger partial charge in [-0.25, -0.2) is 9.78 Å². The number of ether oxygens (including phenoxy) is 1. The Hall–Kier alpha value is -4.11. The molecule has 6 rings (SSSR count). The predicted molar refractivity (Wildman–Crippen MR) is 164 cm³/mol. The summed E-state index contributed by atoms with van der Waals surface area (Å²) < 4.78 is 7.00. The Morgan fingerprint density at radius 3 is 2.51 bits per heavy atom. The molecule has 0 aliphatic carbocycles. The van der Waals surface area contributed by atoms with Crippen molar-refractivity contribution in [3.05, 3.63) is 89.2 Å². The largest absolute Gasteiger partial charge is 0.479 e. The monoisotopic (exact) mass is 582 g/mol. The van der Waals surface area contributed by atoms with E-state index in [1.54, 1.807) is 12.4 Å². The van der Waals surface area contributed by atoms with Crippen LogP contribution in [0.2, 0.25) is 5.02 Å². The Labute approximate surface area is 245 Å². The second kappa shape index (κ2) is 10.4. The predicted octanol–water partition coefficient (Wildman–Crippen LogP) is 8.47. The van der Waals surface area contributed by atoms with E-state index >= 15 is 0 Å². The number of aliphatic carboxylic acids is 1. The second-order valence-electron chi connectivity index (χ2n) is 10.9. The quantitative estimate of drug-likeness (QED) is 0.204. The lowest BCUT2D eigenvalue weighted by Gasteiger charge is -2.28. The van der Waals surface area contributed by atoms with Gasteiger partial charge in [0.25, 0.3) is 0 Å². The summed E-state index contributed by atoms with van der Waals surface area (Å²) in [5.41, 5.74) is 6.84. The van der Waals surface area contributed by atoms with Gasteiger partial charge in [0.15, 0.2) is 6.10 Å². The molecular formula is C32H27ClN4O3S. The molecule has 7 nitrogen and oxygen atoms in total. The van der Waals surface area contributed by atoms with Gasteiger partial charge in [-0.05, 0) is 81.3 Å². The first kappa shape index (κ1) is 27.1. The number of aromatic amines is 1. The van der Waals surface area contributed by atoms with Gasteiger partial charge < -0.3 is 9.84 Å². The van der Waals surface area contributed by atoms with Gasteiger partial charge in [0.2, 0.25) is 0 Å². The third-order valence-electron chi connectivity index (χ3n) is 6.76. The van der Waals surface area contributed by atoms with Crippen LogP contribution in [0.25, 0.3) is 54.1 Å². The van der Waals surface area contributed by atoms with E-state index < -0.39 is 17.7 Å². The lowest BCUT2D eigenvalue weighted by molar-refractivity contribution is -0.160. The van der Waals surface area contributed by atoms with Crippen LogP contribution in [-0.4, -0.2) is 36.8 Å². The Balaban J connectivity index is 1.54. The number of rotatable bonds is 6. The molecule has 0 amide bonds. The van der Waals surface area contributed by atoms with E-state index in [1.807, 2.05) is 82.3 Å². The minimum absolute atomic E-state index is 0.600. The van der Waals surface area contributed by atoms with Crippen LogP contribution >= 0.6 is 22.9 Å². The van der Waals surface area contributed by atoms with Crippen LogP contribution in [0.3, 0.4) is 0 Å². The average molecular weight is 583 g/mol. The first-order valence-corrected chi connectivity index (χ1v) is 14.3. The molecule has 6 aromatic rings. The highest BCUT2D eigenvalue weighted by molar-refractivity contribution is 7.22. The summed E-state index contributed by atoms with van der Waals surface area (Å²) in [6, 6.07) is 19.4. The number of hydrogen-bond acceptors (Lipinski definition) is 6.